The van der Waals surface area contributed by atoms with Gasteiger partial charge in [0, 0.05) is 12.0 Å². The van der Waals surface area contributed by atoms with Gasteiger partial charge in [0.05, 0.1) is 16.7 Å². The Morgan fingerprint density at radius 1 is 1.43 bits per heavy atom. The topological polar surface area (TPSA) is 76.9 Å². The number of nitrogens with two attached hydrogens (primary N) is 1. The van der Waals surface area contributed by atoms with Crippen LogP contribution in [-0.2, 0) is 10.6 Å². The molecule has 0 fully saturated rings. The fraction of sp³-hybridized carbons (Fsp3) is 0.231. The van der Waals surface area contributed by atoms with Gasteiger partial charge in [0.25, 0.3) is 0 Å². The van der Waals surface area contributed by atoms with E-state index in [1.54, 1.807) is 12.1 Å². The van der Waals surface area contributed by atoms with Gasteiger partial charge in [-0.3, -0.25) is 0 Å². The number of aryl methyl sites for hydroxylation is 1. The molecule has 0 aliphatic rings. The predicted octanol–water partition coefficient (Wildman–Crippen LogP) is 3.35. The highest BCUT2D eigenvalue weighted by Gasteiger charge is 2.20. The molecule has 0 atom stereocenters. The van der Waals surface area contributed by atoms with Crippen LogP contribution in [0.1, 0.15) is 16.8 Å². The zero-order valence-corrected chi connectivity index (χ0v) is 13.5. The lowest BCUT2D eigenvalue weighted by Crippen LogP contribution is -2.05. The van der Waals surface area contributed by atoms with Crippen molar-refractivity contribution in [3.63, 3.8) is 0 Å². The number of thiol groups is 1. The van der Waals surface area contributed by atoms with E-state index in [1.807, 2.05) is 13.0 Å². The smallest absolute Gasteiger partial charge is 0.168 e. The number of halogens is 2. The van der Waals surface area contributed by atoms with E-state index in [2.05, 4.69) is 18.0 Å². The SMILES string of the molecule is Cc1cc(Cl)c(-n2nc(C#N)c(CCOS)c2N)c(Cl)c1. The average molecular weight is 343 g/mol. The van der Waals surface area contributed by atoms with Crippen LogP contribution in [0.15, 0.2) is 12.1 Å². The molecule has 0 saturated heterocycles. The van der Waals surface area contributed by atoms with Gasteiger partial charge in [-0.25, -0.2) is 4.68 Å². The van der Waals surface area contributed by atoms with Crippen LogP contribution >= 0.6 is 36.1 Å². The molecule has 0 aliphatic carbocycles. The summed E-state index contributed by atoms with van der Waals surface area (Å²) in [6, 6.07) is 5.52. The summed E-state index contributed by atoms with van der Waals surface area (Å²) in [7, 11) is 0. The fourth-order valence-electron chi connectivity index (χ4n) is 2.01. The number of nitriles is 1. The number of benzene rings is 1. The largest absolute Gasteiger partial charge is 0.383 e. The number of nitrogens with zero attached hydrogens (tertiary/aromatic N) is 3. The quantitative estimate of drug-likeness (QED) is 0.659. The molecule has 110 valence electrons. The Hall–Kier alpha value is -1.39. The number of aromatic nitrogens is 2. The summed E-state index contributed by atoms with van der Waals surface area (Å²) in [5.41, 5.74) is 8.25. The highest BCUT2D eigenvalue weighted by molar-refractivity contribution is 7.75. The number of rotatable bonds is 4. The van der Waals surface area contributed by atoms with Crippen LogP contribution in [0.2, 0.25) is 10.0 Å². The maximum atomic E-state index is 9.18. The molecule has 2 N–H and O–H groups in total. The van der Waals surface area contributed by atoms with E-state index in [9.17, 15) is 5.26 Å². The first-order valence-corrected chi connectivity index (χ1v) is 7.11. The first kappa shape index (κ1) is 16.0. The average Bonchev–Trinajstić information content (AvgIpc) is 2.72. The van der Waals surface area contributed by atoms with Gasteiger partial charge in [-0.2, -0.15) is 10.4 Å². The Labute approximate surface area is 137 Å². The minimum Gasteiger partial charge on any atom is -0.383 e. The highest BCUT2D eigenvalue weighted by atomic mass is 35.5. The zero-order chi connectivity index (χ0) is 15.6. The van der Waals surface area contributed by atoms with Crippen molar-refractivity contribution in [3.8, 4) is 11.8 Å². The first-order valence-electron chi connectivity index (χ1n) is 5.99. The third kappa shape index (κ3) is 3.11. The number of anilines is 1. The second-order valence-corrected chi connectivity index (χ2v) is 5.47. The fourth-order valence-corrected chi connectivity index (χ4v) is 2.86. The highest BCUT2D eigenvalue weighted by Crippen LogP contribution is 2.33. The number of nitrogen functional groups attached to an aromatic ring is 1. The molecule has 1 heterocycles. The van der Waals surface area contributed by atoms with E-state index >= 15 is 0 Å². The van der Waals surface area contributed by atoms with Gasteiger partial charge in [0.2, 0.25) is 0 Å². The van der Waals surface area contributed by atoms with Crippen molar-refractivity contribution >= 4 is 41.9 Å². The van der Waals surface area contributed by atoms with Gasteiger partial charge in [0.1, 0.15) is 17.6 Å². The molecule has 5 nitrogen and oxygen atoms in total. The molecule has 0 spiro atoms. The molecule has 8 heteroatoms. The Morgan fingerprint density at radius 2 is 2.05 bits per heavy atom. The molecule has 0 unspecified atom stereocenters. The molecular formula is C13H12Cl2N4OS. The van der Waals surface area contributed by atoms with Crippen molar-refractivity contribution in [1.82, 2.24) is 9.78 Å². The monoisotopic (exact) mass is 342 g/mol. The molecule has 21 heavy (non-hydrogen) atoms. The van der Waals surface area contributed by atoms with E-state index in [0.717, 1.165) is 5.56 Å². The van der Waals surface area contributed by atoms with E-state index < -0.39 is 0 Å². The molecule has 2 rings (SSSR count). The predicted molar refractivity (Wildman–Crippen MR) is 86.1 cm³/mol. The molecule has 0 aliphatic heterocycles. The first-order chi connectivity index (χ1) is 9.99. The van der Waals surface area contributed by atoms with Crippen molar-refractivity contribution in [2.45, 2.75) is 13.3 Å². The van der Waals surface area contributed by atoms with Gasteiger partial charge in [-0.1, -0.05) is 23.2 Å². The molecule has 0 radical (unpaired) electrons. The Morgan fingerprint density at radius 3 is 2.57 bits per heavy atom. The maximum Gasteiger partial charge on any atom is 0.168 e. The summed E-state index contributed by atoms with van der Waals surface area (Å²) in [4.78, 5) is 0. The number of hydrogen-bond donors (Lipinski definition) is 2. The van der Waals surface area contributed by atoms with Crippen molar-refractivity contribution in [2.75, 3.05) is 12.3 Å². The summed E-state index contributed by atoms with van der Waals surface area (Å²) in [6.07, 6.45) is 0.416. The van der Waals surface area contributed by atoms with E-state index in [1.165, 1.54) is 4.68 Å². The summed E-state index contributed by atoms with van der Waals surface area (Å²) < 4.78 is 6.10. The third-order valence-electron chi connectivity index (χ3n) is 2.95. The Balaban J connectivity index is 2.61. The second-order valence-electron chi connectivity index (χ2n) is 4.40. The van der Waals surface area contributed by atoms with E-state index in [4.69, 9.17) is 33.1 Å². The lowest BCUT2D eigenvalue weighted by Gasteiger charge is -2.10. The van der Waals surface area contributed by atoms with Crippen LogP contribution in [0.4, 0.5) is 5.82 Å². The molecule has 0 amide bonds. The van der Waals surface area contributed by atoms with Crippen LogP contribution < -0.4 is 5.73 Å². The van der Waals surface area contributed by atoms with Gasteiger partial charge in [-0.05, 0) is 37.5 Å². The third-order valence-corrected chi connectivity index (χ3v) is 3.70. The van der Waals surface area contributed by atoms with Gasteiger partial charge >= 0.3 is 0 Å². The van der Waals surface area contributed by atoms with Gasteiger partial charge in [0.15, 0.2) is 5.69 Å². The van der Waals surface area contributed by atoms with Crippen LogP contribution in [0, 0.1) is 18.3 Å². The molecule has 0 saturated carbocycles. The van der Waals surface area contributed by atoms with Crippen molar-refractivity contribution in [3.05, 3.63) is 39.0 Å². The van der Waals surface area contributed by atoms with E-state index in [-0.39, 0.29) is 5.69 Å². The minimum absolute atomic E-state index is 0.214. The summed E-state index contributed by atoms with van der Waals surface area (Å²) >= 11 is 16.1. The normalized spacial score (nSPS) is 10.6. The summed E-state index contributed by atoms with van der Waals surface area (Å²) in [5.74, 6) is 0.310. The van der Waals surface area contributed by atoms with Gasteiger partial charge < -0.3 is 9.92 Å². The molecule has 1 aromatic heterocycles. The lowest BCUT2D eigenvalue weighted by molar-refractivity contribution is 0.387. The van der Waals surface area contributed by atoms with Crippen LogP contribution in [-0.4, -0.2) is 16.4 Å². The zero-order valence-electron chi connectivity index (χ0n) is 11.1. The molecular weight excluding hydrogens is 331 g/mol. The summed E-state index contributed by atoms with van der Waals surface area (Å²) in [6.45, 7) is 2.19. The standard InChI is InChI=1S/C13H12Cl2N4OS/c1-7-4-9(14)12(10(15)5-7)19-13(17)8(2-3-20-21)11(6-16)18-19/h4-5,21H,2-3,17H2,1H3. The summed E-state index contributed by atoms with van der Waals surface area (Å²) in [5, 5.41) is 14.2. The Kier molecular flexibility index (Phi) is 5.01. The maximum absolute atomic E-state index is 9.18. The molecule has 2 aromatic rings. The van der Waals surface area contributed by atoms with Gasteiger partial charge in [-0.15, -0.1) is 0 Å². The Bertz CT molecular complexity index is 701. The molecule has 0 bridgehead atoms. The van der Waals surface area contributed by atoms with Crippen molar-refractivity contribution in [2.24, 2.45) is 0 Å². The van der Waals surface area contributed by atoms with Crippen LogP contribution in [0.5, 0.6) is 0 Å². The second kappa shape index (κ2) is 6.58. The number of hydrogen-bond acceptors (Lipinski definition) is 5. The van der Waals surface area contributed by atoms with E-state index in [0.29, 0.717) is 40.1 Å². The lowest BCUT2D eigenvalue weighted by atomic mass is 10.2. The molecule has 1 aromatic carbocycles. The van der Waals surface area contributed by atoms with Crippen molar-refractivity contribution in [1.29, 1.82) is 5.26 Å². The van der Waals surface area contributed by atoms with Crippen molar-refractivity contribution < 1.29 is 4.18 Å². The van der Waals surface area contributed by atoms with Crippen LogP contribution in [0.25, 0.3) is 5.69 Å². The minimum atomic E-state index is 0.214. The van der Waals surface area contributed by atoms with Crippen LogP contribution in [0.3, 0.4) is 0 Å².